The molecule has 11 nitrogen and oxygen atoms in total. The van der Waals surface area contributed by atoms with Gasteiger partial charge in [-0.05, 0) is 41.1 Å². The number of hydrogen-bond donors (Lipinski definition) is 1. The van der Waals surface area contributed by atoms with Gasteiger partial charge in [0.25, 0.3) is 11.5 Å². The molecule has 0 aliphatic carbocycles. The fraction of sp³-hybridized carbons (Fsp3) is 0.214. The van der Waals surface area contributed by atoms with E-state index in [1.165, 1.54) is 37.8 Å². The molecule has 0 spiro atoms. The molecule has 0 saturated heterocycles. The molecule has 0 saturated carbocycles. The van der Waals surface area contributed by atoms with Gasteiger partial charge in [0.15, 0.2) is 0 Å². The highest BCUT2D eigenvalue weighted by molar-refractivity contribution is 6.01. The lowest BCUT2D eigenvalue weighted by molar-refractivity contribution is 0.101. The van der Waals surface area contributed by atoms with Gasteiger partial charge in [-0.1, -0.05) is 5.10 Å². The van der Waals surface area contributed by atoms with Crippen LogP contribution in [0.3, 0.4) is 0 Å². The van der Waals surface area contributed by atoms with Crippen LogP contribution < -0.4 is 16.6 Å². The number of aryl methyl sites for hydroxylation is 3. The monoisotopic (exact) mass is 360 g/mol. The quantitative estimate of drug-likeness (QED) is 0.644. The van der Waals surface area contributed by atoms with Gasteiger partial charge in [0, 0.05) is 14.1 Å². The minimum absolute atomic E-state index is 0.00534. The number of benzene rings is 1. The molecule has 1 amide bonds. The molecular weight excluding hydrogens is 347 g/mol. The highest BCUT2D eigenvalue weighted by atomic mass is 19.1. The van der Waals surface area contributed by atoms with Crippen LogP contribution in [0.4, 0.5) is 10.3 Å². The molecule has 0 aliphatic rings. The first kappa shape index (κ1) is 17.1. The summed E-state index contributed by atoms with van der Waals surface area (Å²) in [5, 5.41) is 16.5. The van der Waals surface area contributed by atoms with Crippen molar-refractivity contribution in [1.29, 1.82) is 0 Å². The van der Waals surface area contributed by atoms with Gasteiger partial charge in [0.2, 0.25) is 11.6 Å². The van der Waals surface area contributed by atoms with Crippen LogP contribution in [0.25, 0.3) is 5.69 Å². The minimum Gasteiger partial charge on any atom is -0.288 e. The van der Waals surface area contributed by atoms with Crippen LogP contribution in [-0.2, 0) is 14.1 Å². The van der Waals surface area contributed by atoms with Crippen molar-refractivity contribution < 1.29 is 9.18 Å². The second kappa shape index (κ2) is 6.31. The lowest BCUT2D eigenvalue weighted by atomic mass is 10.2. The first-order chi connectivity index (χ1) is 12.3. The van der Waals surface area contributed by atoms with E-state index in [0.29, 0.717) is 0 Å². The summed E-state index contributed by atoms with van der Waals surface area (Å²) in [4.78, 5) is 37.4. The number of rotatable bonds is 3. The van der Waals surface area contributed by atoms with Gasteiger partial charge in [-0.15, -0.1) is 0 Å². The van der Waals surface area contributed by atoms with Crippen molar-refractivity contribution in [3.05, 3.63) is 56.1 Å². The van der Waals surface area contributed by atoms with Gasteiger partial charge in [-0.2, -0.15) is 5.10 Å². The number of carbonyl (C=O) groups excluding carboxylic acids is 1. The number of nitrogens with one attached hydrogen (secondary N) is 1. The largest absolute Gasteiger partial charge is 0.351 e. The van der Waals surface area contributed by atoms with Crippen molar-refractivity contribution in [2.45, 2.75) is 6.92 Å². The van der Waals surface area contributed by atoms with Crippen LogP contribution in [0.15, 0.2) is 27.8 Å². The molecule has 0 radical (unpaired) electrons. The van der Waals surface area contributed by atoms with E-state index in [1.807, 2.05) is 0 Å². The summed E-state index contributed by atoms with van der Waals surface area (Å²) < 4.78 is 16.2. The first-order valence-corrected chi connectivity index (χ1v) is 7.30. The molecule has 26 heavy (non-hydrogen) atoms. The molecule has 2 aromatic heterocycles. The Morgan fingerprint density at radius 2 is 1.92 bits per heavy atom. The predicted molar refractivity (Wildman–Crippen MR) is 86.5 cm³/mol. The molecule has 1 aromatic carbocycles. The second-order valence-electron chi connectivity index (χ2n) is 5.41. The van der Waals surface area contributed by atoms with Gasteiger partial charge in [0.1, 0.15) is 5.82 Å². The van der Waals surface area contributed by atoms with Gasteiger partial charge < -0.3 is 0 Å². The van der Waals surface area contributed by atoms with E-state index in [2.05, 4.69) is 25.9 Å². The Morgan fingerprint density at radius 3 is 2.54 bits per heavy atom. The molecule has 0 bridgehead atoms. The summed E-state index contributed by atoms with van der Waals surface area (Å²) in [7, 11) is 2.78. The number of carbonyl (C=O) groups is 1. The summed E-state index contributed by atoms with van der Waals surface area (Å²) in [6.07, 6.45) is 0. The molecule has 0 fully saturated rings. The molecule has 3 aromatic rings. The maximum absolute atomic E-state index is 13.5. The zero-order valence-corrected chi connectivity index (χ0v) is 14.0. The summed E-state index contributed by atoms with van der Waals surface area (Å²) in [5.41, 5.74) is -1.92. The molecule has 1 N–H and O–H groups in total. The number of halogens is 1. The number of aromatic nitrogens is 7. The van der Waals surface area contributed by atoms with E-state index < -0.39 is 28.7 Å². The van der Waals surface area contributed by atoms with Crippen molar-refractivity contribution in [3.63, 3.8) is 0 Å². The van der Waals surface area contributed by atoms with Crippen LogP contribution in [0.5, 0.6) is 0 Å². The third-order valence-electron chi connectivity index (χ3n) is 3.58. The van der Waals surface area contributed by atoms with E-state index in [4.69, 9.17) is 0 Å². The maximum Gasteiger partial charge on any atom is 0.351 e. The van der Waals surface area contributed by atoms with E-state index in [9.17, 15) is 18.8 Å². The van der Waals surface area contributed by atoms with E-state index >= 15 is 0 Å². The Kier molecular flexibility index (Phi) is 4.16. The number of tetrazole rings is 1. The molecule has 0 unspecified atom stereocenters. The van der Waals surface area contributed by atoms with Crippen LogP contribution in [0.1, 0.15) is 16.1 Å². The topological polar surface area (TPSA) is 130 Å². The summed E-state index contributed by atoms with van der Waals surface area (Å²) in [6, 6.07) is 3.72. The Balaban J connectivity index is 2.14. The lowest BCUT2D eigenvalue weighted by Gasteiger charge is -2.10. The van der Waals surface area contributed by atoms with Crippen LogP contribution in [0.2, 0.25) is 0 Å². The number of hydrogen-bond acceptors (Lipinski definition) is 7. The van der Waals surface area contributed by atoms with E-state index in [-0.39, 0.29) is 17.2 Å². The zero-order chi connectivity index (χ0) is 19.0. The Bertz CT molecular complexity index is 1130. The third kappa shape index (κ3) is 2.87. The standard InChI is InChI=1S/C14H13FN8O3/c1-7-6-8(4-5-9(7)15)23-12(25)10(18-22(3)14(23)26)11(24)16-13-17-19-20-21(13)2/h4-6H,1-3H3,(H,16,17,20,24). The van der Waals surface area contributed by atoms with Crippen molar-refractivity contribution in [1.82, 2.24) is 34.6 Å². The number of amides is 1. The predicted octanol–water partition coefficient (Wildman–Crippen LogP) is -0.845. The summed E-state index contributed by atoms with van der Waals surface area (Å²) >= 11 is 0. The van der Waals surface area contributed by atoms with Gasteiger partial charge in [-0.25, -0.2) is 23.1 Å². The Hall–Kier alpha value is -3.70. The van der Waals surface area contributed by atoms with Crippen molar-refractivity contribution in [3.8, 4) is 5.69 Å². The molecule has 2 heterocycles. The normalized spacial score (nSPS) is 10.8. The lowest BCUT2D eigenvalue weighted by Crippen LogP contribution is -2.43. The Morgan fingerprint density at radius 1 is 1.19 bits per heavy atom. The molecule has 0 aliphatic heterocycles. The van der Waals surface area contributed by atoms with Gasteiger partial charge in [-0.3, -0.25) is 14.9 Å². The highest BCUT2D eigenvalue weighted by Gasteiger charge is 2.21. The molecule has 3 rings (SSSR count). The first-order valence-electron chi connectivity index (χ1n) is 7.30. The smallest absolute Gasteiger partial charge is 0.288 e. The zero-order valence-electron chi connectivity index (χ0n) is 14.0. The van der Waals surface area contributed by atoms with E-state index in [0.717, 1.165) is 15.3 Å². The third-order valence-corrected chi connectivity index (χ3v) is 3.58. The highest BCUT2D eigenvalue weighted by Crippen LogP contribution is 2.11. The second-order valence-corrected chi connectivity index (χ2v) is 5.41. The van der Waals surface area contributed by atoms with Crippen molar-refractivity contribution in [2.75, 3.05) is 5.32 Å². The molecule has 134 valence electrons. The van der Waals surface area contributed by atoms with Crippen molar-refractivity contribution in [2.24, 2.45) is 14.1 Å². The SMILES string of the molecule is Cc1cc(-n2c(=O)c(C(=O)Nc3nnnn3C)nn(C)c2=O)ccc1F. The number of anilines is 1. The number of nitrogens with zero attached hydrogens (tertiary/aromatic N) is 7. The van der Waals surface area contributed by atoms with Gasteiger partial charge >= 0.3 is 5.69 Å². The average molecular weight is 360 g/mol. The Labute approximate surface area is 144 Å². The van der Waals surface area contributed by atoms with Crippen LogP contribution >= 0.6 is 0 Å². The molecular formula is C14H13FN8O3. The minimum atomic E-state index is -0.952. The van der Waals surface area contributed by atoms with Crippen LogP contribution in [-0.4, -0.2) is 40.5 Å². The van der Waals surface area contributed by atoms with E-state index in [1.54, 1.807) is 0 Å². The molecule has 12 heteroatoms. The van der Waals surface area contributed by atoms with Crippen LogP contribution in [0, 0.1) is 12.7 Å². The average Bonchev–Trinajstić information content (AvgIpc) is 2.99. The van der Waals surface area contributed by atoms with Crippen molar-refractivity contribution >= 4 is 11.9 Å². The fourth-order valence-corrected chi connectivity index (χ4v) is 2.21. The summed E-state index contributed by atoms with van der Waals surface area (Å²) in [6.45, 7) is 1.49. The summed E-state index contributed by atoms with van der Waals surface area (Å²) in [5.74, 6) is -1.38. The van der Waals surface area contributed by atoms with Gasteiger partial charge in [0.05, 0.1) is 5.69 Å². The fourth-order valence-electron chi connectivity index (χ4n) is 2.21. The maximum atomic E-state index is 13.5. The molecule has 0 atom stereocenters.